The zero-order valence-corrected chi connectivity index (χ0v) is 13.2. The molecule has 0 aromatic rings. The van der Waals surface area contributed by atoms with Gasteiger partial charge in [0, 0.05) is 20.2 Å². The first kappa shape index (κ1) is 15.7. The number of ether oxygens (including phenoxy) is 1. The van der Waals surface area contributed by atoms with E-state index >= 15 is 0 Å². The fourth-order valence-electron chi connectivity index (χ4n) is 3.52. The van der Waals surface area contributed by atoms with Crippen LogP contribution in [0.1, 0.15) is 51.4 Å². The fourth-order valence-corrected chi connectivity index (χ4v) is 3.81. The standard InChI is InChI=1S/C15H26N2O2S/c1-19-12-7-6-10-17(11-12)14(18)15(13(16)20)8-4-2-3-5-9-15/h12H,2-11H2,1H3,(H2,16,20). The van der Waals surface area contributed by atoms with Crippen LogP contribution in [0.25, 0.3) is 0 Å². The Morgan fingerprint density at radius 1 is 1.25 bits per heavy atom. The van der Waals surface area contributed by atoms with Gasteiger partial charge in [0.25, 0.3) is 0 Å². The van der Waals surface area contributed by atoms with Crippen LogP contribution in [0.15, 0.2) is 0 Å². The van der Waals surface area contributed by atoms with Gasteiger partial charge in [0.15, 0.2) is 0 Å². The molecule has 0 aromatic carbocycles. The normalized spacial score (nSPS) is 26.9. The SMILES string of the molecule is COC1CCCN(C(=O)C2(C(N)=S)CCCCCC2)C1. The molecule has 0 aromatic heterocycles. The molecule has 1 amide bonds. The number of piperidine rings is 1. The second-order valence-electron chi connectivity index (χ2n) is 6.11. The lowest BCUT2D eigenvalue weighted by molar-refractivity contribution is -0.142. The van der Waals surface area contributed by atoms with Gasteiger partial charge in [-0.2, -0.15) is 0 Å². The lowest BCUT2D eigenvalue weighted by Crippen LogP contribution is -2.54. The van der Waals surface area contributed by atoms with E-state index in [9.17, 15) is 4.79 Å². The molecule has 1 saturated carbocycles. The quantitative estimate of drug-likeness (QED) is 0.641. The van der Waals surface area contributed by atoms with Crippen molar-refractivity contribution in [3.63, 3.8) is 0 Å². The zero-order chi connectivity index (χ0) is 14.6. The highest BCUT2D eigenvalue weighted by molar-refractivity contribution is 7.80. The predicted molar refractivity (Wildman–Crippen MR) is 83.5 cm³/mol. The van der Waals surface area contributed by atoms with E-state index in [2.05, 4.69) is 0 Å². The Bertz CT molecular complexity index is 365. The minimum atomic E-state index is -0.596. The van der Waals surface area contributed by atoms with Crippen LogP contribution in [0.4, 0.5) is 0 Å². The van der Waals surface area contributed by atoms with Gasteiger partial charge in [-0.15, -0.1) is 0 Å². The largest absolute Gasteiger partial charge is 0.392 e. The number of likely N-dealkylation sites (tertiary alicyclic amines) is 1. The van der Waals surface area contributed by atoms with Gasteiger partial charge < -0.3 is 15.4 Å². The van der Waals surface area contributed by atoms with E-state index in [1.165, 1.54) is 12.8 Å². The molecular weight excluding hydrogens is 272 g/mol. The molecule has 1 unspecified atom stereocenters. The molecule has 1 heterocycles. The summed E-state index contributed by atoms with van der Waals surface area (Å²) in [6.07, 6.45) is 8.26. The zero-order valence-electron chi connectivity index (χ0n) is 12.4. The van der Waals surface area contributed by atoms with Gasteiger partial charge in [0.2, 0.25) is 5.91 Å². The topological polar surface area (TPSA) is 55.6 Å². The number of carbonyl (C=O) groups excluding carboxylic acids is 1. The molecule has 1 saturated heterocycles. The molecule has 1 aliphatic heterocycles. The van der Waals surface area contributed by atoms with E-state index in [0.29, 0.717) is 11.5 Å². The van der Waals surface area contributed by atoms with Crippen LogP contribution >= 0.6 is 12.2 Å². The van der Waals surface area contributed by atoms with Gasteiger partial charge in [0.05, 0.1) is 16.5 Å². The summed E-state index contributed by atoms with van der Waals surface area (Å²) < 4.78 is 5.42. The molecule has 2 N–H and O–H groups in total. The van der Waals surface area contributed by atoms with Crippen LogP contribution in [0, 0.1) is 5.41 Å². The molecule has 5 heteroatoms. The smallest absolute Gasteiger partial charge is 0.235 e. The van der Waals surface area contributed by atoms with Crippen LogP contribution in [0.5, 0.6) is 0 Å². The number of hydrogen-bond donors (Lipinski definition) is 1. The van der Waals surface area contributed by atoms with Crippen molar-refractivity contribution >= 4 is 23.1 Å². The van der Waals surface area contributed by atoms with Gasteiger partial charge >= 0.3 is 0 Å². The number of nitrogens with two attached hydrogens (primary N) is 1. The third-order valence-electron chi connectivity index (χ3n) is 4.84. The van der Waals surface area contributed by atoms with Crippen molar-refractivity contribution in [2.24, 2.45) is 11.1 Å². The molecule has 4 nitrogen and oxygen atoms in total. The van der Waals surface area contributed by atoms with E-state index in [1.54, 1.807) is 7.11 Å². The number of hydrogen-bond acceptors (Lipinski definition) is 3. The Hall–Kier alpha value is -0.680. The Morgan fingerprint density at radius 2 is 1.90 bits per heavy atom. The Labute approximate surface area is 127 Å². The molecule has 1 atom stereocenters. The fraction of sp³-hybridized carbons (Fsp3) is 0.867. The molecular formula is C15H26N2O2S. The number of thiocarbonyl (C=S) groups is 1. The average molecular weight is 298 g/mol. The van der Waals surface area contributed by atoms with Gasteiger partial charge in [-0.25, -0.2) is 0 Å². The minimum Gasteiger partial charge on any atom is -0.392 e. The third-order valence-corrected chi connectivity index (χ3v) is 5.23. The highest BCUT2D eigenvalue weighted by Gasteiger charge is 2.44. The summed E-state index contributed by atoms with van der Waals surface area (Å²) in [4.78, 5) is 15.4. The Morgan fingerprint density at radius 3 is 2.45 bits per heavy atom. The van der Waals surface area contributed by atoms with Crippen molar-refractivity contribution in [1.29, 1.82) is 0 Å². The number of methoxy groups -OCH3 is 1. The Balaban J connectivity index is 2.15. The highest BCUT2D eigenvalue weighted by Crippen LogP contribution is 2.38. The molecule has 20 heavy (non-hydrogen) atoms. The second-order valence-corrected chi connectivity index (χ2v) is 6.55. The van der Waals surface area contributed by atoms with Crippen molar-refractivity contribution in [3.05, 3.63) is 0 Å². The molecule has 114 valence electrons. The summed E-state index contributed by atoms with van der Waals surface area (Å²) in [5, 5.41) is 0. The third kappa shape index (κ3) is 3.14. The number of nitrogens with zero attached hydrogens (tertiary/aromatic N) is 1. The van der Waals surface area contributed by atoms with Crippen LogP contribution < -0.4 is 5.73 Å². The van der Waals surface area contributed by atoms with Gasteiger partial charge in [-0.1, -0.05) is 37.9 Å². The first-order valence-corrected chi connectivity index (χ1v) is 8.13. The molecule has 2 aliphatic rings. The second kappa shape index (κ2) is 6.85. The number of rotatable bonds is 3. The van der Waals surface area contributed by atoms with Crippen molar-refractivity contribution < 1.29 is 9.53 Å². The number of carbonyl (C=O) groups is 1. The van der Waals surface area contributed by atoms with Gasteiger partial charge in [-0.3, -0.25) is 4.79 Å². The first-order valence-electron chi connectivity index (χ1n) is 7.72. The van der Waals surface area contributed by atoms with Crippen LogP contribution in [0.2, 0.25) is 0 Å². The van der Waals surface area contributed by atoms with E-state index in [4.69, 9.17) is 22.7 Å². The van der Waals surface area contributed by atoms with Gasteiger partial charge in [-0.05, 0) is 25.7 Å². The Kier molecular flexibility index (Phi) is 5.38. The van der Waals surface area contributed by atoms with Crippen LogP contribution in [-0.4, -0.2) is 42.1 Å². The van der Waals surface area contributed by atoms with Gasteiger partial charge in [0.1, 0.15) is 0 Å². The summed E-state index contributed by atoms with van der Waals surface area (Å²) >= 11 is 5.29. The molecule has 0 bridgehead atoms. The summed E-state index contributed by atoms with van der Waals surface area (Å²) in [6.45, 7) is 1.49. The predicted octanol–water partition coefficient (Wildman–Crippen LogP) is 2.25. The lowest BCUT2D eigenvalue weighted by Gasteiger charge is -2.39. The van der Waals surface area contributed by atoms with Crippen LogP contribution in [-0.2, 0) is 9.53 Å². The van der Waals surface area contributed by atoms with E-state index in [0.717, 1.165) is 45.1 Å². The molecule has 0 spiro atoms. The first-order chi connectivity index (χ1) is 9.60. The maximum atomic E-state index is 13.0. The minimum absolute atomic E-state index is 0.147. The highest BCUT2D eigenvalue weighted by atomic mass is 32.1. The van der Waals surface area contributed by atoms with Crippen molar-refractivity contribution in [2.45, 2.75) is 57.5 Å². The molecule has 2 fully saturated rings. The summed E-state index contributed by atoms with van der Waals surface area (Å²) in [7, 11) is 1.72. The number of amides is 1. The molecule has 0 radical (unpaired) electrons. The monoisotopic (exact) mass is 298 g/mol. The van der Waals surface area contributed by atoms with E-state index in [-0.39, 0.29) is 12.0 Å². The van der Waals surface area contributed by atoms with E-state index < -0.39 is 5.41 Å². The molecule has 1 aliphatic carbocycles. The van der Waals surface area contributed by atoms with Crippen molar-refractivity contribution in [2.75, 3.05) is 20.2 Å². The summed E-state index contributed by atoms with van der Waals surface area (Å²) in [6, 6.07) is 0. The average Bonchev–Trinajstić information content (AvgIpc) is 2.73. The van der Waals surface area contributed by atoms with Crippen molar-refractivity contribution in [1.82, 2.24) is 4.90 Å². The summed E-state index contributed by atoms with van der Waals surface area (Å²) in [5.74, 6) is 0.147. The van der Waals surface area contributed by atoms with Crippen molar-refractivity contribution in [3.8, 4) is 0 Å². The maximum absolute atomic E-state index is 13.0. The van der Waals surface area contributed by atoms with E-state index in [1.807, 2.05) is 4.90 Å². The van der Waals surface area contributed by atoms with Crippen LogP contribution in [0.3, 0.4) is 0 Å². The molecule has 2 rings (SSSR count). The maximum Gasteiger partial charge on any atom is 0.235 e. The summed E-state index contributed by atoms with van der Waals surface area (Å²) in [5.41, 5.74) is 5.40. The lowest BCUT2D eigenvalue weighted by atomic mass is 9.78.